The number of aromatic nitrogens is 3. The lowest BCUT2D eigenvalue weighted by Gasteiger charge is -2.14. The van der Waals surface area contributed by atoms with Gasteiger partial charge in [-0.25, -0.2) is 4.98 Å². The Kier molecular flexibility index (Phi) is 3.26. The minimum absolute atomic E-state index is 0.597. The van der Waals surface area contributed by atoms with Crippen LogP contribution in [0.3, 0.4) is 0 Å². The molecule has 0 radical (unpaired) electrons. The zero-order chi connectivity index (χ0) is 12.2. The number of anilines is 1. The molecular weight excluding hydrogens is 224 g/mol. The zero-order valence-corrected chi connectivity index (χ0v) is 10.4. The molecule has 1 fully saturated rings. The molecule has 4 heteroatoms. The second-order valence-corrected chi connectivity index (χ2v) is 4.87. The molecule has 1 saturated carbocycles. The number of hydrogen-bond acceptors (Lipinski definition) is 3. The number of nitrogens with one attached hydrogen (secondary N) is 1. The van der Waals surface area contributed by atoms with Gasteiger partial charge in [0.25, 0.3) is 0 Å². The highest BCUT2D eigenvalue weighted by Gasteiger charge is 2.16. The summed E-state index contributed by atoms with van der Waals surface area (Å²) in [6.07, 6.45) is 12.8. The van der Waals surface area contributed by atoms with E-state index in [0.29, 0.717) is 6.04 Å². The van der Waals surface area contributed by atoms with Crippen molar-refractivity contribution in [2.75, 3.05) is 5.32 Å². The number of nitrogens with zero attached hydrogens (tertiary/aromatic N) is 3. The van der Waals surface area contributed by atoms with Gasteiger partial charge in [0.15, 0.2) is 0 Å². The Labute approximate surface area is 107 Å². The van der Waals surface area contributed by atoms with Crippen molar-refractivity contribution in [3.8, 4) is 0 Å². The monoisotopic (exact) mass is 242 g/mol. The first kappa shape index (κ1) is 11.3. The molecule has 0 aromatic carbocycles. The van der Waals surface area contributed by atoms with E-state index >= 15 is 0 Å². The third-order valence-electron chi connectivity index (χ3n) is 3.48. The normalized spacial score (nSPS) is 16.0. The number of rotatable bonds is 4. The van der Waals surface area contributed by atoms with Crippen molar-refractivity contribution in [2.24, 2.45) is 0 Å². The minimum atomic E-state index is 0.597. The number of hydrogen-bond donors (Lipinski definition) is 1. The van der Waals surface area contributed by atoms with Crippen molar-refractivity contribution in [1.29, 1.82) is 0 Å². The van der Waals surface area contributed by atoms with Gasteiger partial charge in [-0.1, -0.05) is 18.9 Å². The van der Waals surface area contributed by atoms with Gasteiger partial charge in [-0.15, -0.1) is 0 Å². The zero-order valence-electron chi connectivity index (χ0n) is 10.4. The number of imidazole rings is 1. The Morgan fingerprint density at radius 3 is 2.94 bits per heavy atom. The molecule has 1 aliphatic rings. The summed E-state index contributed by atoms with van der Waals surface area (Å²) >= 11 is 0. The quantitative estimate of drug-likeness (QED) is 0.896. The van der Waals surface area contributed by atoms with Gasteiger partial charge in [0.2, 0.25) is 5.95 Å². The molecule has 18 heavy (non-hydrogen) atoms. The molecule has 1 aliphatic carbocycles. The highest BCUT2D eigenvalue weighted by atomic mass is 15.2. The second kappa shape index (κ2) is 5.21. The fraction of sp³-hybridized carbons (Fsp3) is 0.429. The lowest BCUT2D eigenvalue weighted by atomic mass is 10.2. The van der Waals surface area contributed by atoms with E-state index in [1.54, 1.807) is 6.20 Å². The third kappa shape index (κ3) is 2.53. The predicted molar refractivity (Wildman–Crippen MR) is 71.4 cm³/mol. The van der Waals surface area contributed by atoms with E-state index in [1.165, 1.54) is 31.2 Å². The first-order chi connectivity index (χ1) is 8.92. The molecule has 2 aromatic rings. The summed E-state index contributed by atoms with van der Waals surface area (Å²) in [5.74, 6) is 0.978. The highest BCUT2D eigenvalue weighted by Crippen LogP contribution is 2.21. The van der Waals surface area contributed by atoms with Crippen LogP contribution >= 0.6 is 0 Å². The van der Waals surface area contributed by atoms with Gasteiger partial charge >= 0.3 is 0 Å². The molecule has 0 saturated heterocycles. The van der Waals surface area contributed by atoms with Gasteiger partial charge in [0, 0.05) is 30.8 Å². The van der Waals surface area contributed by atoms with E-state index in [1.807, 2.05) is 24.7 Å². The van der Waals surface area contributed by atoms with Crippen molar-refractivity contribution in [2.45, 2.75) is 38.3 Å². The van der Waals surface area contributed by atoms with Gasteiger partial charge in [-0.2, -0.15) is 0 Å². The molecule has 2 heterocycles. The summed E-state index contributed by atoms with van der Waals surface area (Å²) in [5, 5.41) is 3.54. The van der Waals surface area contributed by atoms with Crippen molar-refractivity contribution >= 4 is 5.95 Å². The maximum Gasteiger partial charge on any atom is 0.203 e. The molecular formula is C14H18N4. The van der Waals surface area contributed by atoms with Crippen molar-refractivity contribution in [3.05, 3.63) is 42.5 Å². The first-order valence-corrected chi connectivity index (χ1v) is 6.58. The minimum Gasteiger partial charge on any atom is -0.353 e. The third-order valence-corrected chi connectivity index (χ3v) is 3.48. The lowest BCUT2D eigenvalue weighted by Crippen LogP contribution is -2.18. The van der Waals surface area contributed by atoms with Gasteiger partial charge < -0.3 is 9.88 Å². The second-order valence-electron chi connectivity index (χ2n) is 4.87. The molecule has 4 nitrogen and oxygen atoms in total. The first-order valence-electron chi connectivity index (χ1n) is 6.58. The maximum absolute atomic E-state index is 4.41. The van der Waals surface area contributed by atoms with Crippen LogP contribution in [0.5, 0.6) is 0 Å². The molecule has 0 spiro atoms. The lowest BCUT2D eigenvalue weighted by molar-refractivity contribution is 0.715. The van der Waals surface area contributed by atoms with Crippen molar-refractivity contribution in [1.82, 2.24) is 14.5 Å². The molecule has 94 valence electrons. The van der Waals surface area contributed by atoms with E-state index in [9.17, 15) is 0 Å². The summed E-state index contributed by atoms with van der Waals surface area (Å²) in [6, 6.07) is 4.66. The van der Waals surface area contributed by atoms with Gasteiger partial charge in [0.05, 0.1) is 6.54 Å². The Morgan fingerprint density at radius 2 is 2.17 bits per heavy atom. The van der Waals surface area contributed by atoms with Crippen LogP contribution in [0, 0.1) is 0 Å². The Bertz CT molecular complexity index is 486. The molecule has 3 rings (SSSR count). The topological polar surface area (TPSA) is 42.7 Å². The van der Waals surface area contributed by atoms with Crippen molar-refractivity contribution < 1.29 is 0 Å². The van der Waals surface area contributed by atoms with Gasteiger partial charge in [-0.3, -0.25) is 4.98 Å². The summed E-state index contributed by atoms with van der Waals surface area (Å²) in [7, 11) is 0. The fourth-order valence-electron chi connectivity index (χ4n) is 2.52. The highest BCUT2D eigenvalue weighted by molar-refractivity contribution is 5.29. The Morgan fingerprint density at radius 1 is 1.28 bits per heavy atom. The Balaban J connectivity index is 1.71. The van der Waals surface area contributed by atoms with E-state index in [2.05, 4.69) is 25.9 Å². The molecule has 0 unspecified atom stereocenters. The summed E-state index contributed by atoms with van der Waals surface area (Å²) in [5.41, 5.74) is 1.20. The van der Waals surface area contributed by atoms with Crippen LogP contribution in [0.2, 0.25) is 0 Å². The van der Waals surface area contributed by atoms with E-state index in [-0.39, 0.29) is 0 Å². The fourth-order valence-corrected chi connectivity index (χ4v) is 2.52. The van der Waals surface area contributed by atoms with Crippen LogP contribution in [0.15, 0.2) is 36.9 Å². The molecule has 0 amide bonds. The van der Waals surface area contributed by atoms with Crippen LogP contribution in [0.1, 0.15) is 31.2 Å². The average molecular weight is 242 g/mol. The summed E-state index contributed by atoms with van der Waals surface area (Å²) in [6.45, 7) is 0.822. The molecule has 0 aliphatic heterocycles. The standard InChI is InChI=1S/C14H18N4/c1-2-6-13(5-1)17-14-16-8-9-18(14)11-12-4-3-7-15-10-12/h3-4,7-10,13H,1-2,5-6,11H2,(H,16,17). The van der Waals surface area contributed by atoms with Crippen LogP contribution in [0.25, 0.3) is 0 Å². The van der Waals surface area contributed by atoms with Crippen molar-refractivity contribution in [3.63, 3.8) is 0 Å². The summed E-state index contributed by atoms with van der Waals surface area (Å²) < 4.78 is 2.15. The van der Waals surface area contributed by atoms with E-state index < -0.39 is 0 Å². The predicted octanol–water partition coefficient (Wildman–Crippen LogP) is 2.68. The number of pyridine rings is 1. The molecule has 1 N–H and O–H groups in total. The SMILES string of the molecule is c1cncc(Cn2ccnc2NC2CCCC2)c1. The molecule has 2 aromatic heterocycles. The van der Waals surface area contributed by atoms with E-state index in [0.717, 1.165) is 12.5 Å². The van der Waals surface area contributed by atoms with E-state index in [4.69, 9.17) is 0 Å². The molecule has 0 bridgehead atoms. The van der Waals surface area contributed by atoms with Crippen LogP contribution in [-0.2, 0) is 6.54 Å². The smallest absolute Gasteiger partial charge is 0.203 e. The summed E-state index contributed by atoms with van der Waals surface area (Å²) in [4.78, 5) is 8.55. The van der Waals surface area contributed by atoms with Gasteiger partial charge in [-0.05, 0) is 24.5 Å². The maximum atomic E-state index is 4.41. The van der Waals surface area contributed by atoms with Crippen LogP contribution in [-0.4, -0.2) is 20.6 Å². The molecule has 0 atom stereocenters. The Hall–Kier alpha value is -1.84. The van der Waals surface area contributed by atoms with Crippen LogP contribution in [0.4, 0.5) is 5.95 Å². The van der Waals surface area contributed by atoms with Crippen LogP contribution < -0.4 is 5.32 Å². The van der Waals surface area contributed by atoms with Gasteiger partial charge in [0.1, 0.15) is 0 Å². The largest absolute Gasteiger partial charge is 0.353 e. The average Bonchev–Trinajstić information content (AvgIpc) is 3.04.